The van der Waals surface area contributed by atoms with Gasteiger partial charge in [0.05, 0.1) is 44.2 Å². The SMILES string of the molecule is CS(=P)I.C[C@H]1CC(O)[C@@H](CO)O1.[B][C@H]1CC(O)[C@@H](CO)O1.[B][C@H]1CC2O[Si](C(C)C)(C(C)C)O[Si](C(C)C)(C(C)C)OC[C@H]2O1.[Ti]. The molecule has 0 saturated carbocycles. The molecule has 0 amide bonds. The predicted octanol–water partition coefficient (Wildman–Crippen LogP) is 4.01. The monoisotopic (exact) mass is 884 g/mol. The van der Waals surface area contributed by atoms with Gasteiger partial charge in [0.1, 0.15) is 34.0 Å². The van der Waals surface area contributed by atoms with Gasteiger partial charge in [-0.3, -0.25) is 0 Å². The molecule has 4 heterocycles. The van der Waals surface area contributed by atoms with Crippen molar-refractivity contribution in [2.24, 2.45) is 0 Å². The van der Waals surface area contributed by atoms with E-state index in [1.165, 1.54) is 0 Å². The number of ether oxygens (including phenoxy) is 3. The first-order valence-electron chi connectivity index (χ1n) is 16.4. The number of rotatable bonds is 6. The van der Waals surface area contributed by atoms with Gasteiger partial charge < -0.3 is 47.6 Å². The van der Waals surface area contributed by atoms with Gasteiger partial charge in [0, 0.05) is 40.1 Å². The fraction of sp³-hybridized carbons (Fsp3) is 1.00. The van der Waals surface area contributed by atoms with Crippen LogP contribution >= 0.6 is 29.2 Å². The van der Waals surface area contributed by atoms with E-state index < -0.39 is 41.4 Å². The van der Waals surface area contributed by atoms with Crippen molar-refractivity contribution in [1.29, 1.82) is 0 Å². The van der Waals surface area contributed by atoms with Crippen LogP contribution in [-0.4, -0.2) is 134 Å². The molecule has 4 fully saturated rings. The topological polar surface area (TPSA) is 136 Å². The van der Waals surface area contributed by atoms with Gasteiger partial charge in [-0.1, -0.05) is 63.4 Å². The van der Waals surface area contributed by atoms with Crippen LogP contribution in [0.5, 0.6) is 0 Å². The van der Waals surface area contributed by atoms with E-state index in [1.807, 2.05) is 6.92 Å². The summed E-state index contributed by atoms with van der Waals surface area (Å²) in [6, 6.07) is -0.668. The van der Waals surface area contributed by atoms with Crippen LogP contribution in [-0.2, 0) is 56.1 Å². The first-order valence-corrected chi connectivity index (χ1v) is 25.7. The molecular weight excluding hydrogens is 824 g/mol. The summed E-state index contributed by atoms with van der Waals surface area (Å²) < 4.78 is 36.5. The van der Waals surface area contributed by atoms with Crippen molar-refractivity contribution in [3.05, 3.63) is 0 Å². The molecule has 4 rings (SSSR count). The van der Waals surface area contributed by atoms with Crippen molar-refractivity contribution in [2.45, 2.75) is 158 Å². The second-order valence-electron chi connectivity index (χ2n) is 13.7. The Hall–Kier alpha value is 2.26. The van der Waals surface area contributed by atoms with Crippen molar-refractivity contribution in [1.82, 2.24) is 0 Å². The molecule has 0 aromatic carbocycles. The molecule has 4 N–H and O–H groups in total. The van der Waals surface area contributed by atoms with Gasteiger partial charge in [-0.05, 0) is 69.4 Å². The molecule has 10 atom stereocenters. The minimum absolute atomic E-state index is 0. The van der Waals surface area contributed by atoms with Crippen LogP contribution in [0.15, 0.2) is 0 Å². The zero-order valence-corrected chi connectivity index (χ0v) is 37.5. The molecule has 18 heteroatoms. The van der Waals surface area contributed by atoms with Crippen LogP contribution in [0.4, 0.5) is 0 Å². The van der Waals surface area contributed by atoms with E-state index in [0.29, 0.717) is 48.9 Å². The second-order valence-corrected chi connectivity index (χ2v) is 31.7. The Morgan fingerprint density at radius 3 is 1.51 bits per heavy atom. The summed E-state index contributed by atoms with van der Waals surface area (Å²) in [7, 11) is 10.1. The van der Waals surface area contributed by atoms with Crippen molar-refractivity contribution in [3.63, 3.8) is 0 Å². The van der Waals surface area contributed by atoms with Crippen molar-refractivity contribution in [2.75, 3.05) is 26.1 Å². The van der Waals surface area contributed by atoms with Crippen LogP contribution in [0.2, 0.25) is 22.2 Å². The number of aliphatic hydroxyl groups is 4. The molecule has 0 aromatic heterocycles. The minimum atomic E-state index is -2.50. The number of aliphatic hydroxyl groups excluding tert-OH is 4. The number of hydrogen-bond donors (Lipinski definition) is 4. The summed E-state index contributed by atoms with van der Waals surface area (Å²) in [5.41, 5.74) is 1.41. The van der Waals surface area contributed by atoms with E-state index in [1.54, 1.807) is 0 Å². The summed E-state index contributed by atoms with van der Waals surface area (Å²) in [6.45, 7) is 20.0. The Morgan fingerprint density at radius 1 is 0.766 bits per heavy atom. The standard InChI is InChI=1S/C17H35BO4Si2.C6H12O3.C5H9BO3.CH4IPS.Ti/c1-11(2)23(12(3)4)19-10-16-15(9-17(18)20-16)21-24(22-23,13(5)6)14(7)8;1-4-2-5(8)6(3-7)9-4;6-5-1-3(8)4(2-7)9-5;1-4(2)3;/h11-17H,9-10H2,1-8H3;4-8H,2-3H2,1H3;3-5,7-8H,1-2H2;3H,1H3;/t15?,16-,17-;4-,5?,6+;3?,4-,5-;;/m101../s1. The summed E-state index contributed by atoms with van der Waals surface area (Å²) in [5, 5.41) is 35.2. The van der Waals surface area contributed by atoms with Gasteiger partial charge in [0.2, 0.25) is 0 Å². The third-order valence-electron chi connectivity index (χ3n) is 8.60. The Bertz CT molecular complexity index is 866. The zero-order chi connectivity index (χ0) is 35.6. The van der Waals surface area contributed by atoms with Crippen molar-refractivity contribution in [3.8, 4) is 0 Å². The second kappa shape index (κ2) is 23.1. The van der Waals surface area contributed by atoms with Gasteiger partial charge in [-0.25, -0.2) is 0 Å². The maximum atomic E-state index is 9.07. The summed E-state index contributed by atoms with van der Waals surface area (Å²) in [4.78, 5) is 0. The number of fused-ring (bicyclic) bond motifs is 1. The first kappa shape index (κ1) is 49.3. The molecular formula is C29H60B2IO10PSSi2Ti. The smallest absolute Gasteiger partial charge is 0.335 e. The van der Waals surface area contributed by atoms with Crippen LogP contribution in [0.1, 0.15) is 81.6 Å². The number of hydrogen-bond acceptors (Lipinski definition) is 10. The molecule has 272 valence electrons. The molecule has 4 saturated heterocycles. The average molecular weight is 884 g/mol. The molecule has 4 radical (unpaired) electrons. The molecule has 4 unspecified atom stereocenters. The van der Waals surface area contributed by atoms with Gasteiger partial charge in [0.25, 0.3) is 0 Å². The first-order chi connectivity index (χ1) is 21.3. The van der Waals surface area contributed by atoms with E-state index in [-0.39, 0.29) is 65.4 Å². The summed E-state index contributed by atoms with van der Waals surface area (Å²) in [6.07, 6.45) is 2.02. The normalized spacial score (nSPS) is 34.9. The largest absolute Gasteiger partial charge is 0.414 e. The summed E-state index contributed by atoms with van der Waals surface area (Å²) in [5.74, 6) is 0. The maximum Gasteiger partial charge on any atom is 0.335 e. The van der Waals surface area contributed by atoms with Gasteiger partial charge in [-0.15, -0.1) is 7.24 Å². The average Bonchev–Trinajstić information content (AvgIpc) is 3.57. The third-order valence-corrected chi connectivity index (χ3v) is 18.9. The molecule has 0 bridgehead atoms. The van der Waals surface area contributed by atoms with Gasteiger partial charge in [-0.2, -0.15) is 0 Å². The van der Waals surface area contributed by atoms with E-state index >= 15 is 0 Å². The van der Waals surface area contributed by atoms with Crippen LogP contribution in [0.3, 0.4) is 0 Å². The van der Waals surface area contributed by atoms with Gasteiger partial charge >= 0.3 is 17.1 Å². The van der Waals surface area contributed by atoms with Crippen LogP contribution in [0, 0.1) is 0 Å². The number of halogens is 1. The van der Waals surface area contributed by atoms with E-state index in [0.717, 1.165) is 6.42 Å². The predicted molar refractivity (Wildman–Crippen MR) is 203 cm³/mol. The molecule has 10 nitrogen and oxygen atoms in total. The van der Waals surface area contributed by atoms with E-state index in [9.17, 15) is 0 Å². The fourth-order valence-electron chi connectivity index (χ4n) is 6.21. The molecule has 0 aromatic rings. The molecule has 4 aliphatic rings. The quantitative estimate of drug-likeness (QED) is 0.176. The van der Waals surface area contributed by atoms with Crippen molar-refractivity contribution >= 4 is 69.3 Å². The van der Waals surface area contributed by atoms with Crippen molar-refractivity contribution < 1.29 is 69.3 Å². The molecule has 47 heavy (non-hydrogen) atoms. The zero-order valence-electron chi connectivity index (χ0n) is 29.9. The molecule has 0 spiro atoms. The summed E-state index contributed by atoms with van der Waals surface area (Å²) >= 11 is 2.28. The van der Waals surface area contributed by atoms with Crippen LogP contribution in [0.25, 0.3) is 0 Å². The Morgan fingerprint density at radius 2 is 1.19 bits per heavy atom. The van der Waals surface area contributed by atoms with Crippen LogP contribution < -0.4 is 0 Å². The van der Waals surface area contributed by atoms with Gasteiger partial charge in [0.15, 0.2) is 0 Å². The van der Waals surface area contributed by atoms with E-state index in [4.69, 9.17) is 63.3 Å². The fourth-order valence-corrected chi connectivity index (χ4v) is 17.4. The molecule has 4 aliphatic heterocycles. The van der Waals surface area contributed by atoms with E-state index in [2.05, 4.69) is 90.9 Å². The Labute approximate surface area is 320 Å². The minimum Gasteiger partial charge on any atom is -0.414 e. The third kappa shape index (κ3) is 14.9. The Balaban J connectivity index is 0.000000750. The molecule has 0 aliphatic carbocycles. The maximum absolute atomic E-state index is 9.07. The Kier molecular flexibility index (Phi) is 24.2.